The van der Waals surface area contributed by atoms with Crippen LogP contribution in [0.1, 0.15) is 23.1 Å². The van der Waals surface area contributed by atoms with Gasteiger partial charge in [0.25, 0.3) is 0 Å². The number of rotatable bonds is 5. The third-order valence-corrected chi connectivity index (χ3v) is 4.93. The molecule has 2 aromatic carbocycles. The lowest BCUT2D eigenvalue weighted by Crippen LogP contribution is -2.46. The number of carbonyl (C=O) groups is 1. The van der Waals surface area contributed by atoms with Gasteiger partial charge in [-0.25, -0.2) is 9.78 Å². The number of benzene rings is 2. The van der Waals surface area contributed by atoms with Crippen LogP contribution in [0.4, 0.5) is 5.69 Å². The second-order valence-electron chi connectivity index (χ2n) is 6.73. The molecule has 0 saturated carbocycles. The van der Waals surface area contributed by atoms with E-state index in [2.05, 4.69) is 25.8 Å². The molecule has 2 heterocycles. The summed E-state index contributed by atoms with van der Waals surface area (Å²) in [5.74, 6) is 0.753. The summed E-state index contributed by atoms with van der Waals surface area (Å²) in [4.78, 5) is 24.6. The lowest BCUT2D eigenvalue weighted by molar-refractivity contribution is 0.0526. The van der Waals surface area contributed by atoms with Crippen molar-refractivity contribution < 1.29 is 9.53 Å². The van der Waals surface area contributed by atoms with Crippen molar-refractivity contribution in [2.45, 2.75) is 13.5 Å². The van der Waals surface area contributed by atoms with Crippen LogP contribution in [0.5, 0.6) is 0 Å². The van der Waals surface area contributed by atoms with Crippen LogP contribution in [0.3, 0.4) is 0 Å². The molecule has 1 aliphatic rings. The first-order valence-corrected chi connectivity index (χ1v) is 9.41. The summed E-state index contributed by atoms with van der Waals surface area (Å²) >= 11 is 0. The number of imidazole rings is 1. The Kier molecular flexibility index (Phi) is 5.07. The zero-order valence-electron chi connectivity index (χ0n) is 15.5. The van der Waals surface area contributed by atoms with E-state index in [1.54, 1.807) is 0 Å². The Morgan fingerprint density at radius 2 is 1.81 bits per heavy atom. The van der Waals surface area contributed by atoms with Gasteiger partial charge in [0.2, 0.25) is 0 Å². The van der Waals surface area contributed by atoms with E-state index < -0.39 is 0 Å². The maximum Gasteiger partial charge on any atom is 0.338 e. The lowest BCUT2D eigenvalue weighted by Gasteiger charge is -2.35. The van der Waals surface area contributed by atoms with Crippen LogP contribution >= 0.6 is 0 Å². The molecule has 6 nitrogen and oxygen atoms in total. The molecule has 1 aromatic heterocycles. The Morgan fingerprint density at radius 3 is 2.52 bits per heavy atom. The van der Waals surface area contributed by atoms with E-state index in [0.29, 0.717) is 12.2 Å². The largest absolute Gasteiger partial charge is 0.462 e. The first-order chi connectivity index (χ1) is 13.2. The third kappa shape index (κ3) is 3.95. The third-order valence-electron chi connectivity index (χ3n) is 4.93. The number of hydrogen-bond acceptors (Lipinski definition) is 5. The van der Waals surface area contributed by atoms with E-state index >= 15 is 0 Å². The molecular weight excluding hydrogens is 340 g/mol. The Morgan fingerprint density at radius 1 is 1.07 bits per heavy atom. The molecule has 1 N–H and O–H groups in total. The minimum atomic E-state index is -0.264. The topological polar surface area (TPSA) is 61.5 Å². The van der Waals surface area contributed by atoms with Crippen molar-refractivity contribution in [1.82, 2.24) is 14.9 Å². The van der Waals surface area contributed by atoms with Crippen molar-refractivity contribution in [3.63, 3.8) is 0 Å². The highest BCUT2D eigenvalue weighted by Crippen LogP contribution is 2.19. The molecule has 140 valence electrons. The number of aromatic nitrogens is 2. The van der Waals surface area contributed by atoms with Crippen molar-refractivity contribution in [1.29, 1.82) is 0 Å². The fourth-order valence-corrected chi connectivity index (χ4v) is 3.48. The molecule has 3 aromatic rings. The van der Waals surface area contributed by atoms with Gasteiger partial charge in [-0.2, -0.15) is 0 Å². The van der Waals surface area contributed by atoms with Crippen molar-refractivity contribution >= 4 is 22.7 Å². The number of nitrogens with one attached hydrogen (secondary N) is 1. The van der Waals surface area contributed by atoms with Gasteiger partial charge in [-0.15, -0.1) is 0 Å². The number of fused-ring (bicyclic) bond motifs is 1. The molecule has 4 rings (SSSR count). The zero-order valence-corrected chi connectivity index (χ0v) is 15.5. The highest BCUT2D eigenvalue weighted by molar-refractivity contribution is 5.89. The number of hydrogen-bond donors (Lipinski definition) is 1. The Balaban J connectivity index is 1.33. The second-order valence-corrected chi connectivity index (χ2v) is 6.73. The van der Waals surface area contributed by atoms with Crippen molar-refractivity contribution in [2.24, 2.45) is 0 Å². The van der Waals surface area contributed by atoms with Crippen LogP contribution in [-0.4, -0.2) is 53.6 Å². The molecule has 1 aliphatic heterocycles. The summed E-state index contributed by atoms with van der Waals surface area (Å²) in [7, 11) is 0. The quantitative estimate of drug-likeness (QED) is 0.705. The molecule has 0 unspecified atom stereocenters. The Hall–Kier alpha value is -2.86. The average molecular weight is 364 g/mol. The number of aromatic amines is 1. The van der Waals surface area contributed by atoms with Crippen molar-refractivity contribution in [3.8, 4) is 0 Å². The predicted octanol–water partition coefficient (Wildman–Crippen LogP) is 3.06. The van der Waals surface area contributed by atoms with Gasteiger partial charge in [-0.1, -0.05) is 12.1 Å². The van der Waals surface area contributed by atoms with Crippen LogP contribution in [-0.2, 0) is 11.3 Å². The lowest BCUT2D eigenvalue weighted by atomic mass is 10.2. The molecule has 0 radical (unpaired) electrons. The van der Waals surface area contributed by atoms with E-state index in [4.69, 9.17) is 4.74 Å². The fourth-order valence-electron chi connectivity index (χ4n) is 3.48. The van der Waals surface area contributed by atoms with Crippen LogP contribution in [0, 0.1) is 0 Å². The molecule has 0 spiro atoms. The van der Waals surface area contributed by atoms with Crippen LogP contribution < -0.4 is 4.90 Å². The number of carbonyl (C=O) groups excluding carboxylic acids is 1. The van der Waals surface area contributed by atoms with Gasteiger partial charge < -0.3 is 14.6 Å². The standard InChI is InChI=1S/C21H24N4O2/c1-2-27-21(26)16-7-9-17(10-8-16)25-13-11-24(12-14-25)15-20-22-18-5-3-4-6-19(18)23-20/h3-10H,2,11-15H2,1H3,(H,22,23). The Bertz CT molecular complexity index is 878. The minimum absolute atomic E-state index is 0.264. The highest BCUT2D eigenvalue weighted by atomic mass is 16.5. The number of para-hydroxylation sites is 2. The van der Waals surface area contributed by atoms with Crippen LogP contribution in [0.25, 0.3) is 11.0 Å². The van der Waals surface area contributed by atoms with Gasteiger partial charge in [-0.3, -0.25) is 4.90 Å². The number of ether oxygens (including phenoxy) is 1. The normalized spacial score (nSPS) is 15.2. The molecule has 1 saturated heterocycles. The zero-order chi connectivity index (χ0) is 18.6. The van der Waals surface area contributed by atoms with Gasteiger partial charge in [-0.05, 0) is 43.3 Å². The summed E-state index contributed by atoms with van der Waals surface area (Å²) in [5, 5.41) is 0. The second kappa shape index (κ2) is 7.80. The van der Waals surface area contributed by atoms with Gasteiger partial charge in [0.15, 0.2) is 0 Å². The molecule has 0 atom stereocenters. The van der Waals surface area contributed by atoms with Gasteiger partial charge in [0, 0.05) is 31.9 Å². The summed E-state index contributed by atoms with van der Waals surface area (Å²) in [5.41, 5.74) is 3.86. The summed E-state index contributed by atoms with van der Waals surface area (Å²) < 4.78 is 5.04. The van der Waals surface area contributed by atoms with Gasteiger partial charge >= 0.3 is 5.97 Å². The van der Waals surface area contributed by atoms with Crippen LogP contribution in [0.15, 0.2) is 48.5 Å². The average Bonchev–Trinajstić information content (AvgIpc) is 3.11. The number of piperazine rings is 1. The number of H-pyrrole nitrogens is 1. The molecule has 1 fully saturated rings. The summed E-state index contributed by atoms with van der Waals surface area (Å²) in [6.45, 7) is 6.93. The molecule has 0 aliphatic carbocycles. The maximum absolute atomic E-state index is 11.8. The van der Waals surface area contributed by atoms with Crippen molar-refractivity contribution in [2.75, 3.05) is 37.7 Å². The number of anilines is 1. The van der Waals surface area contributed by atoms with Gasteiger partial charge in [0.05, 0.1) is 29.7 Å². The smallest absolute Gasteiger partial charge is 0.338 e. The first-order valence-electron chi connectivity index (χ1n) is 9.41. The fraction of sp³-hybridized carbons (Fsp3) is 0.333. The molecule has 6 heteroatoms. The monoisotopic (exact) mass is 364 g/mol. The van der Waals surface area contributed by atoms with E-state index in [1.807, 2.05) is 49.4 Å². The molecular formula is C21H24N4O2. The molecule has 0 bridgehead atoms. The van der Waals surface area contributed by atoms with Crippen molar-refractivity contribution in [3.05, 3.63) is 59.9 Å². The molecule has 0 amide bonds. The Labute approximate surface area is 158 Å². The van der Waals surface area contributed by atoms with E-state index in [1.165, 1.54) is 0 Å². The van der Waals surface area contributed by atoms with Crippen LogP contribution in [0.2, 0.25) is 0 Å². The van der Waals surface area contributed by atoms with E-state index in [-0.39, 0.29) is 5.97 Å². The number of esters is 1. The number of nitrogens with zero attached hydrogens (tertiary/aromatic N) is 3. The highest BCUT2D eigenvalue weighted by Gasteiger charge is 2.19. The first kappa shape index (κ1) is 17.5. The predicted molar refractivity (Wildman–Crippen MR) is 106 cm³/mol. The SMILES string of the molecule is CCOC(=O)c1ccc(N2CCN(Cc3nc4ccccc4[nH]3)CC2)cc1. The van der Waals surface area contributed by atoms with Gasteiger partial charge in [0.1, 0.15) is 5.82 Å². The minimum Gasteiger partial charge on any atom is -0.462 e. The maximum atomic E-state index is 11.8. The van der Waals surface area contributed by atoms with E-state index in [0.717, 1.165) is 55.3 Å². The summed E-state index contributed by atoms with van der Waals surface area (Å²) in [6, 6.07) is 15.8. The van der Waals surface area contributed by atoms with E-state index in [9.17, 15) is 4.79 Å². The summed E-state index contributed by atoms with van der Waals surface area (Å²) in [6.07, 6.45) is 0. The molecule has 27 heavy (non-hydrogen) atoms.